The predicted octanol–water partition coefficient (Wildman–Crippen LogP) is 2.97. The van der Waals surface area contributed by atoms with E-state index in [2.05, 4.69) is 64.6 Å². The van der Waals surface area contributed by atoms with E-state index in [4.69, 9.17) is 0 Å². The van der Waals surface area contributed by atoms with Crippen LogP contribution in [0.15, 0.2) is 6.20 Å². The van der Waals surface area contributed by atoms with E-state index in [1.807, 2.05) is 6.20 Å². The third kappa shape index (κ3) is 3.92. The first kappa shape index (κ1) is 16.2. The van der Waals surface area contributed by atoms with Crippen molar-refractivity contribution in [3.8, 4) is 0 Å². The average molecular weight is 315 g/mol. The largest absolute Gasteiger partial charge is 0.308 e. The van der Waals surface area contributed by atoms with Crippen molar-refractivity contribution in [1.82, 2.24) is 20.3 Å². The van der Waals surface area contributed by atoms with E-state index in [0.29, 0.717) is 16.5 Å². The third-order valence-corrected chi connectivity index (χ3v) is 6.78. The zero-order valence-electron chi connectivity index (χ0n) is 12.7. The standard InChI is InChI=1S/C14H26N4S2/c1-4-6-15-13(14-11(3)19-8-9-20-14)12-10-16-17-18(12)7-5-2/h10-11,13-15H,4-9H2,1-3H3. The lowest BCUT2D eigenvalue weighted by atomic mass is 10.1. The lowest BCUT2D eigenvalue weighted by Gasteiger charge is -2.35. The number of nitrogens with one attached hydrogen (secondary N) is 1. The van der Waals surface area contributed by atoms with Gasteiger partial charge >= 0.3 is 0 Å². The zero-order valence-corrected chi connectivity index (χ0v) is 14.3. The molecule has 0 radical (unpaired) electrons. The zero-order chi connectivity index (χ0) is 14.4. The first-order valence-corrected chi connectivity index (χ1v) is 9.72. The monoisotopic (exact) mass is 314 g/mol. The quantitative estimate of drug-likeness (QED) is 0.838. The van der Waals surface area contributed by atoms with Gasteiger partial charge in [-0.05, 0) is 19.4 Å². The van der Waals surface area contributed by atoms with Crippen molar-refractivity contribution in [2.24, 2.45) is 0 Å². The Labute approximate surface area is 130 Å². The molecule has 1 aliphatic rings. The van der Waals surface area contributed by atoms with Gasteiger partial charge < -0.3 is 5.32 Å². The lowest BCUT2D eigenvalue weighted by molar-refractivity contribution is 0.453. The van der Waals surface area contributed by atoms with Crippen LogP contribution in [0.25, 0.3) is 0 Å². The molecule has 2 heterocycles. The van der Waals surface area contributed by atoms with Crippen LogP contribution >= 0.6 is 23.5 Å². The Morgan fingerprint density at radius 1 is 1.35 bits per heavy atom. The van der Waals surface area contributed by atoms with Crippen LogP contribution in [0.4, 0.5) is 0 Å². The predicted molar refractivity (Wildman–Crippen MR) is 89.5 cm³/mol. The lowest BCUT2D eigenvalue weighted by Crippen LogP contribution is -2.39. The van der Waals surface area contributed by atoms with Gasteiger partial charge in [0.15, 0.2) is 0 Å². The highest BCUT2D eigenvalue weighted by molar-refractivity contribution is 8.07. The van der Waals surface area contributed by atoms with E-state index >= 15 is 0 Å². The highest BCUT2D eigenvalue weighted by Gasteiger charge is 2.33. The number of thioether (sulfide) groups is 2. The summed E-state index contributed by atoms with van der Waals surface area (Å²) in [7, 11) is 0. The summed E-state index contributed by atoms with van der Waals surface area (Å²) in [5.74, 6) is 2.52. The molecule has 1 aromatic heterocycles. The second-order valence-electron chi connectivity index (χ2n) is 5.23. The SMILES string of the molecule is CCCNC(c1cnnn1CCC)C1SCCSC1C. The maximum atomic E-state index is 4.27. The molecule has 0 spiro atoms. The van der Waals surface area contributed by atoms with Gasteiger partial charge in [-0.3, -0.25) is 0 Å². The molecular weight excluding hydrogens is 288 g/mol. The molecule has 1 saturated heterocycles. The Morgan fingerprint density at radius 3 is 2.85 bits per heavy atom. The first-order valence-electron chi connectivity index (χ1n) is 7.62. The molecule has 1 fully saturated rings. The van der Waals surface area contributed by atoms with Crippen LogP contribution in [0.1, 0.15) is 45.3 Å². The molecular formula is C14H26N4S2. The number of aromatic nitrogens is 3. The second-order valence-corrected chi connectivity index (χ2v) is 8.00. The smallest absolute Gasteiger partial charge is 0.0768 e. The maximum absolute atomic E-state index is 4.27. The van der Waals surface area contributed by atoms with Crippen molar-refractivity contribution in [3.63, 3.8) is 0 Å². The van der Waals surface area contributed by atoms with Crippen LogP contribution in [-0.4, -0.2) is 43.5 Å². The Kier molecular flexibility index (Phi) is 6.71. The minimum atomic E-state index is 0.365. The Hall–Kier alpha value is -0.200. The maximum Gasteiger partial charge on any atom is 0.0768 e. The molecule has 4 nitrogen and oxygen atoms in total. The fraction of sp³-hybridized carbons (Fsp3) is 0.857. The number of hydrogen-bond donors (Lipinski definition) is 1. The van der Waals surface area contributed by atoms with Gasteiger partial charge in [-0.2, -0.15) is 23.5 Å². The number of rotatable bonds is 7. The summed E-state index contributed by atoms with van der Waals surface area (Å²) in [5.41, 5.74) is 1.26. The molecule has 0 saturated carbocycles. The number of hydrogen-bond acceptors (Lipinski definition) is 5. The fourth-order valence-corrected chi connectivity index (χ4v) is 5.53. The molecule has 114 valence electrons. The summed E-state index contributed by atoms with van der Waals surface area (Å²) in [5, 5.41) is 13.4. The summed E-state index contributed by atoms with van der Waals surface area (Å²) in [6.07, 6.45) is 4.21. The van der Waals surface area contributed by atoms with Crippen LogP contribution < -0.4 is 5.32 Å². The highest BCUT2D eigenvalue weighted by Crippen LogP contribution is 2.38. The van der Waals surface area contributed by atoms with Crippen LogP contribution in [-0.2, 0) is 6.54 Å². The van der Waals surface area contributed by atoms with Gasteiger partial charge in [-0.15, -0.1) is 5.10 Å². The number of nitrogens with zero attached hydrogens (tertiary/aromatic N) is 3. The third-order valence-electron chi connectivity index (χ3n) is 3.58. The molecule has 1 N–H and O–H groups in total. The van der Waals surface area contributed by atoms with Crippen LogP contribution in [0, 0.1) is 0 Å². The minimum absolute atomic E-state index is 0.365. The molecule has 0 aromatic carbocycles. The van der Waals surface area contributed by atoms with E-state index in [-0.39, 0.29) is 0 Å². The Balaban J connectivity index is 2.19. The Bertz CT molecular complexity index is 396. The molecule has 2 rings (SSSR count). The van der Waals surface area contributed by atoms with Gasteiger partial charge in [-0.1, -0.05) is 26.0 Å². The summed E-state index contributed by atoms with van der Waals surface area (Å²) >= 11 is 4.20. The van der Waals surface area contributed by atoms with Crippen molar-refractivity contribution in [3.05, 3.63) is 11.9 Å². The topological polar surface area (TPSA) is 42.7 Å². The van der Waals surface area contributed by atoms with Crippen molar-refractivity contribution >= 4 is 23.5 Å². The highest BCUT2D eigenvalue weighted by atomic mass is 32.2. The summed E-state index contributed by atoms with van der Waals surface area (Å²) in [6.45, 7) is 8.77. The van der Waals surface area contributed by atoms with Crippen molar-refractivity contribution < 1.29 is 0 Å². The molecule has 1 aromatic rings. The molecule has 0 amide bonds. The van der Waals surface area contributed by atoms with E-state index in [1.54, 1.807) is 0 Å². The van der Waals surface area contributed by atoms with E-state index in [0.717, 1.165) is 25.9 Å². The van der Waals surface area contributed by atoms with Gasteiger partial charge in [-0.25, -0.2) is 4.68 Å². The molecule has 0 bridgehead atoms. The van der Waals surface area contributed by atoms with Gasteiger partial charge in [0, 0.05) is 28.6 Å². The van der Waals surface area contributed by atoms with Crippen molar-refractivity contribution in [2.45, 2.75) is 56.7 Å². The van der Waals surface area contributed by atoms with Crippen LogP contribution in [0.2, 0.25) is 0 Å². The van der Waals surface area contributed by atoms with Crippen LogP contribution in [0.3, 0.4) is 0 Å². The van der Waals surface area contributed by atoms with E-state index < -0.39 is 0 Å². The van der Waals surface area contributed by atoms with Gasteiger partial charge in [0.05, 0.1) is 17.9 Å². The van der Waals surface area contributed by atoms with Gasteiger partial charge in [0.2, 0.25) is 0 Å². The average Bonchev–Trinajstić information content (AvgIpc) is 2.90. The Morgan fingerprint density at radius 2 is 2.15 bits per heavy atom. The van der Waals surface area contributed by atoms with Crippen LogP contribution in [0.5, 0.6) is 0 Å². The molecule has 6 heteroatoms. The van der Waals surface area contributed by atoms with E-state index in [1.165, 1.54) is 17.2 Å². The second kappa shape index (κ2) is 8.29. The van der Waals surface area contributed by atoms with Crippen molar-refractivity contribution in [2.75, 3.05) is 18.1 Å². The molecule has 0 aliphatic carbocycles. The molecule has 3 unspecified atom stereocenters. The molecule has 20 heavy (non-hydrogen) atoms. The fourth-order valence-electron chi connectivity index (χ4n) is 2.60. The summed E-state index contributed by atoms with van der Waals surface area (Å²) in [6, 6.07) is 0.365. The molecule has 3 atom stereocenters. The van der Waals surface area contributed by atoms with E-state index in [9.17, 15) is 0 Å². The van der Waals surface area contributed by atoms with Crippen molar-refractivity contribution in [1.29, 1.82) is 0 Å². The first-order chi connectivity index (χ1) is 9.77. The summed E-state index contributed by atoms with van der Waals surface area (Å²) < 4.78 is 2.08. The van der Waals surface area contributed by atoms with Gasteiger partial charge in [0.1, 0.15) is 0 Å². The normalized spacial score (nSPS) is 24.8. The molecule has 1 aliphatic heterocycles. The van der Waals surface area contributed by atoms with Gasteiger partial charge in [0.25, 0.3) is 0 Å². The number of aryl methyl sites for hydroxylation is 1. The minimum Gasteiger partial charge on any atom is -0.308 e. The summed E-state index contributed by atoms with van der Waals surface area (Å²) in [4.78, 5) is 0.